The summed E-state index contributed by atoms with van der Waals surface area (Å²) in [4.78, 5) is 39.6. The average Bonchev–Trinajstić information content (AvgIpc) is 3.22. The van der Waals surface area contributed by atoms with E-state index in [2.05, 4.69) is 29.8 Å². The lowest BCUT2D eigenvalue weighted by atomic mass is 9.58. The summed E-state index contributed by atoms with van der Waals surface area (Å²) in [6.07, 6.45) is 6.88. The van der Waals surface area contributed by atoms with E-state index < -0.39 is 30.0 Å². The number of benzene rings is 2. The molecule has 2 aromatic rings. The van der Waals surface area contributed by atoms with Crippen molar-refractivity contribution in [1.29, 1.82) is 0 Å². The number of nitro groups is 1. The Balaban J connectivity index is 1.45. The fraction of sp³-hybridized carbons (Fsp3) is 0.438. The SMILES string of the molecule is CCCC1=C2[C@@H](CC/C(=C/c3cc(Br)ccc3O)CCC)OB(O)C[C@@H]2[C@@H]2C(=O)N(c3cccc([N+](=O)[O-])c3)C(=O)[C@@H]2C1. The number of imide groups is 1. The van der Waals surface area contributed by atoms with Crippen molar-refractivity contribution in [2.45, 2.75) is 71.2 Å². The fourth-order valence-corrected chi connectivity index (χ4v) is 7.45. The van der Waals surface area contributed by atoms with Gasteiger partial charge in [0, 0.05) is 22.2 Å². The first kappa shape index (κ1) is 31.2. The lowest BCUT2D eigenvalue weighted by molar-refractivity contribution is -0.384. The number of nitrogens with zero attached hydrogens (tertiary/aromatic N) is 2. The summed E-state index contributed by atoms with van der Waals surface area (Å²) in [5, 5.41) is 32.7. The average molecular weight is 651 g/mol. The molecular formula is C32H36BBrN2O7. The number of allylic oxidation sites excluding steroid dienone is 2. The number of phenolic OH excluding ortho intramolecular Hbond substituents is 1. The Hall–Kier alpha value is -3.28. The van der Waals surface area contributed by atoms with E-state index in [9.17, 15) is 29.8 Å². The second-order valence-electron chi connectivity index (χ2n) is 11.7. The number of non-ortho nitro benzene ring substituents is 1. The molecular weight excluding hydrogens is 615 g/mol. The van der Waals surface area contributed by atoms with Crippen LogP contribution in [0.2, 0.25) is 6.32 Å². The van der Waals surface area contributed by atoms with E-state index in [4.69, 9.17) is 4.65 Å². The van der Waals surface area contributed by atoms with Crippen LogP contribution in [-0.2, 0) is 14.2 Å². The van der Waals surface area contributed by atoms with Gasteiger partial charge in [0.1, 0.15) is 5.75 Å². The van der Waals surface area contributed by atoms with Crippen LogP contribution in [0.15, 0.2) is 63.7 Å². The molecule has 3 aliphatic rings. The minimum atomic E-state index is -1.08. The quantitative estimate of drug-likeness (QED) is 0.0948. The monoisotopic (exact) mass is 650 g/mol. The number of carbonyl (C=O) groups is 2. The molecule has 9 nitrogen and oxygen atoms in total. The maximum absolute atomic E-state index is 13.9. The normalized spacial score (nSPS) is 24.0. The summed E-state index contributed by atoms with van der Waals surface area (Å²) in [7, 11) is -1.08. The van der Waals surface area contributed by atoms with Gasteiger partial charge in [-0.1, -0.05) is 65.9 Å². The molecule has 0 unspecified atom stereocenters. The Labute approximate surface area is 260 Å². The molecule has 2 fully saturated rings. The van der Waals surface area contributed by atoms with Gasteiger partial charge in [-0.15, -0.1) is 0 Å². The minimum absolute atomic E-state index is 0.188. The molecule has 43 heavy (non-hydrogen) atoms. The van der Waals surface area contributed by atoms with Gasteiger partial charge in [-0.3, -0.25) is 19.7 Å². The summed E-state index contributed by atoms with van der Waals surface area (Å²) in [6, 6.07) is 10.9. The molecule has 0 radical (unpaired) electrons. The van der Waals surface area contributed by atoms with Gasteiger partial charge in [-0.25, -0.2) is 4.90 Å². The Kier molecular flexibility index (Phi) is 9.53. The second-order valence-corrected chi connectivity index (χ2v) is 12.6. The summed E-state index contributed by atoms with van der Waals surface area (Å²) in [5.74, 6) is -2.12. The number of halogens is 1. The van der Waals surface area contributed by atoms with E-state index in [0.29, 0.717) is 19.3 Å². The van der Waals surface area contributed by atoms with Crippen molar-refractivity contribution >= 4 is 52.3 Å². The largest absolute Gasteiger partial charge is 0.507 e. The molecule has 2 amide bonds. The highest BCUT2D eigenvalue weighted by molar-refractivity contribution is 9.10. The third kappa shape index (κ3) is 6.35. The van der Waals surface area contributed by atoms with E-state index in [-0.39, 0.29) is 41.2 Å². The smallest absolute Gasteiger partial charge is 0.455 e. The van der Waals surface area contributed by atoms with Gasteiger partial charge in [-0.05, 0) is 74.2 Å². The molecule has 0 aromatic heterocycles. The predicted octanol–water partition coefficient (Wildman–Crippen LogP) is 6.83. The number of hydrogen-bond donors (Lipinski definition) is 2. The first-order valence-corrected chi connectivity index (χ1v) is 15.8. The zero-order chi connectivity index (χ0) is 30.8. The predicted molar refractivity (Wildman–Crippen MR) is 168 cm³/mol. The van der Waals surface area contributed by atoms with Crippen LogP contribution in [0.3, 0.4) is 0 Å². The van der Waals surface area contributed by atoms with E-state index in [0.717, 1.165) is 57.3 Å². The molecule has 2 saturated heterocycles. The van der Waals surface area contributed by atoms with Crippen molar-refractivity contribution in [1.82, 2.24) is 0 Å². The second kappa shape index (κ2) is 13.2. The van der Waals surface area contributed by atoms with Crippen molar-refractivity contribution < 1.29 is 29.3 Å². The number of phenols is 1. The lowest BCUT2D eigenvalue weighted by Gasteiger charge is -2.43. The van der Waals surface area contributed by atoms with Crippen molar-refractivity contribution in [2.24, 2.45) is 17.8 Å². The molecule has 5 rings (SSSR count). The summed E-state index contributed by atoms with van der Waals surface area (Å²) < 4.78 is 7.02. The number of aromatic hydroxyl groups is 1. The zero-order valence-corrected chi connectivity index (χ0v) is 26.0. The van der Waals surface area contributed by atoms with E-state index in [1.54, 1.807) is 18.2 Å². The standard InChI is InChI=1S/C32H36BBrN2O7/c1-3-6-19(14-21-15-22(34)11-12-27(21)37)10-13-28-29-20(7-4-2)16-25-30(26(29)18-33(40)43-28)32(39)35(31(25)38)23-8-5-9-24(17-23)36(41)42/h5,8-9,11-12,14-15,17,25-26,28,30,37,40H,3-4,6-7,10,13,16,18H2,1-2H3/b19-14+/t25-,26+,28-,30-/m1/s1. The van der Waals surface area contributed by atoms with Gasteiger partial charge in [-0.2, -0.15) is 0 Å². The number of anilines is 1. The molecule has 0 bridgehead atoms. The van der Waals surface area contributed by atoms with Crippen molar-refractivity contribution in [3.63, 3.8) is 0 Å². The van der Waals surface area contributed by atoms with Gasteiger partial charge < -0.3 is 14.8 Å². The highest BCUT2D eigenvalue weighted by Crippen LogP contribution is 2.52. The van der Waals surface area contributed by atoms with Gasteiger partial charge in [0.05, 0.1) is 28.6 Å². The van der Waals surface area contributed by atoms with Crippen LogP contribution in [0.5, 0.6) is 5.75 Å². The Morgan fingerprint density at radius 3 is 2.65 bits per heavy atom. The van der Waals surface area contributed by atoms with E-state index in [1.165, 1.54) is 18.2 Å². The van der Waals surface area contributed by atoms with Crippen molar-refractivity contribution in [3.8, 4) is 5.75 Å². The van der Waals surface area contributed by atoms with Crippen LogP contribution in [0.25, 0.3) is 6.08 Å². The molecule has 0 saturated carbocycles. The van der Waals surface area contributed by atoms with Gasteiger partial charge in [0.25, 0.3) is 5.69 Å². The molecule has 2 aromatic carbocycles. The number of fused-ring (bicyclic) bond motifs is 3. The van der Waals surface area contributed by atoms with Gasteiger partial charge in [0.15, 0.2) is 0 Å². The number of amides is 2. The lowest BCUT2D eigenvalue weighted by Crippen LogP contribution is -2.46. The topological polar surface area (TPSA) is 130 Å². The number of nitro benzene ring substituents is 1. The molecule has 2 aliphatic heterocycles. The Bertz CT molecular complexity index is 1490. The maximum atomic E-state index is 13.9. The van der Waals surface area contributed by atoms with Gasteiger partial charge >= 0.3 is 7.12 Å². The van der Waals surface area contributed by atoms with Crippen LogP contribution < -0.4 is 4.90 Å². The van der Waals surface area contributed by atoms with Crippen molar-refractivity contribution in [3.05, 3.63) is 79.3 Å². The molecule has 2 heterocycles. The summed E-state index contributed by atoms with van der Waals surface area (Å²) >= 11 is 3.47. The van der Waals surface area contributed by atoms with Crippen LogP contribution >= 0.6 is 15.9 Å². The third-order valence-corrected chi connectivity index (χ3v) is 9.30. The molecule has 226 valence electrons. The third-order valence-electron chi connectivity index (χ3n) is 8.81. The first-order valence-electron chi connectivity index (χ1n) is 15.0. The van der Waals surface area contributed by atoms with E-state index in [1.807, 2.05) is 12.1 Å². The number of hydrogen-bond acceptors (Lipinski definition) is 7. The van der Waals surface area contributed by atoms with E-state index >= 15 is 0 Å². The summed E-state index contributed by atoms with van der Waals surface area (Å²) in [5.41, 5.74) is 4.02. The molecule has 4 atom stereocenters. The van der Waals surface area contributed by atoms with Crippen molar-refractivity contribution in [2.75, 3.05) is 4.90 Å². The molecule has 1 aliphatic carbocycles. The molecule has 11 heteroatoms. The highest BCUT2D eigenvalue weighted by atomic mass is 79.9. The minimum Gasteiger partial charge on any atom is -0.507 e. The molecule has 2 N–H and O–H groups in total. The highest BCUT2D eigenvalue weighted by Gasteiger charge is 2.57. The molecule has 0 spiro atoms. The first-order chi connectivity index (χ1) is 20.6. The Morgan fingerprint density at radius 2 is 1.93 bits per heavy atom. The zero-order valence-electron chi connectivity index (χ0n) is 24.4. The van der Waals surface area contributed by atoms with Crippen LogP contribution in [0.1, 0.15) is 64.4 Å². The number of carbonyl (C=O) groups excluding carboxylic acids is 2. The number of rotatable bonds is 10. The van der Waals surface area contributed by atoms with Gasteiger partial charge in [0.2, 0.25) is 11.8 Å². The fourth-order valence-electron chi connectivity index (χ4n) is 7.07. The maximum Gasteiger partial charge on any atom is 0.455 e. The van der Waals surface area contributed by atoms with Crippen LogP contribution in [-0.4, -0.2) is 40.1 Å². The Morgan fingerprint density at radius 1 is 1.14 bits per heavy atom. The summed E-state index contributed by atoms with van der Waals surface area (Å²) in [6.45, 7) is 4.18. The van der Waals surface area contributed by atoms with Crippen LogP contribution in [0, 0.1) is 27.9 Å². The van der Waals surface area contributed by atoms with Crippen LogP contribution in [0.4, 0.5) is 11.4 Å².